The predicted octanol–water partition coefficient (Wildman–Crippen LogP) is -0.0631. The number of carbonyl (C=O) groups excluding carboxylic acids is 3. The monoisotopic (exact) mass is 339 g/mol. The van der Waals surface area contributed by atoms with E-state index >= 15 is 0 Å². The lowest BCUT2D eigenvalue weighted by Crippen LogP contribution is -2.37. The minimum atomic E-state index is -3.68. The molecule has 0 aliphatic carbocycles. The van der Waals surface area contributed by atoms with E-state index in [-0.39, 0.29) is 11.3 Å². The summed E-state index contributed by atoms with van der Waals surface area (Å²) in [7, 11) is -3.68. The van der Waals surface area contributed by atoms with Crippen molar-refractivity contribution in [3.05, 3.63) is 29.8 Å². The second kappa shape index (κ2) is 6.78. The summed E-state index contributed by atoms with van der Waals surface area (Å²) >= 11 is 0. The third kappa shape index (κ3) is 4.78. The molecule has 9 heteroatoms. The zero-order valence-corrected chi connectivity index (χ0v) is 13.4. The van der Waals surface area contributed by atoms with Gasteiger partial charge >= 0.3 is 11.8 Å². The molecule has 3 amide bonds. The predicted molar refractivity (Wildman–Crippen MR) is 83.2 cm³/mol. The number of amides is 3. The molecule has 0 unspecified atom stereocenters. The van der Waals surface area contributed by atoms with Crippen molar-refractivity contribution in [1.29, 1.82) is 0 Å². The summed E-state index contributed by atoms with van der Waals surface area (Å²) in [6.07, 6.45) is 2.62. The Bertz CT molecular complexity index is 739. The number of carbonyl (C=O) groups is 3. The van der Waals surface area contributed by atoms with Gasteiger partial charge in [0.2, 0.25) is 10.0 Å². The number of benzene rings is 1. The molecule has 1 aromatic carbocycles. The average molecular weight is 339 g/mol. The Morgan fingerprint density at radius 2 is 1.78 bits per heavy atom. The first-order valence-corrected chi connectivity index (χ1v) is 8.88. The number of hydrogen-bond acceptors (Lipinski definition) is 5. The highest BCUT2D eigenvalue weighted by atomic mass is 32.2. The normalized spacial score (nSPS) is 14.4. The van der Waals surface area contributed by atoms with E-state index in [4.69, 9.17) is 0 Å². The van der Waals surface area contributed by atoms with Gasteiger partial charge in [0, 0.05) is 24.3 Å². The van der Waals surface area contributed by atoms with E-state index in [1.54, 1.807) is 0 Å². The highest BCUT2D eigenvalue weighted by molar-refractivity contribution is 7.89. The molecule has 0 spiro atoms. The van der Waals surface area contributed by atoms with Crippen LogP contribution < -0.4 is 10.0 Å². The molecule has 1 aliphatic rings. The molecule has 1 saturated heterocycles. The van der Waals surface area contributed by atoms with Gasteiger partial charge in [-0.15, -0.1) is 0 Å². The van der Waals surface area contributed by atoms with Crippen LogP contribution in [0.2, 0.25) is 0 Å². The first-order valence-electron chi connectivity index (χ1n) is 6.99. The Morgan fingerprint density at radius 3 is 2.39 bits per heavy atom. The minimum absolute atomic E-state index is 0.0573. The number of anilines is 1. The van der Waals surface area contributed by atoms with Gasteiger partial charge in [-0.2, -0.15) is 0 Å². The van der Waals surface area contributed by atoms with Crippen LogP contribution >= 0.6 is 0 Å². The van der Waals surface area contributed by atoms with Crippen LogP contribution in [0.3, 0.4) is 0 Å². The number of hydrogen-bond donors (Lipinski definition) is 2. The fraction of sp³-hybridized carbons (Fsp3) is 0.357. The zero-order chi connectivity index (χ0) is 17.0. The second-order valence-electron chi connectivity index (χ2n) is 5.24. The summed E-state index contributed by atoms with van der Waals surface area (Å²) < 4.78 is 24.0. The quantitative estimate of drug-likeness (QED) is 0.749. The first-order chi connectivity index (χ1) is 10.8. The maximum absolute atomic E-state index is 11.9. The van der Waals surface area contributed by atoms with Crippen molar-refractivity contribution < 1.29 is 22.8 Å². The van der Waals surface area contributed by atoms with Crippen molar-refractivity contribution in [2.75, 3.05) is 24.7 Å². The van der Waals surface area contributed by atoms with Crippen LogP contribution in [0.1, 0.15) is 23.2 Å². The summed E-state index contributed by atoms with van der Waals surface area (Å²) in [5, 5.41) is 2.42. The van der Waals surface area contributed by atoms with E-state index in [0.717, 1.165) is 19.1 Å². The highest BCUT2D eigenvalue weighted by Crippen LogP contribution is 2.13. The second-order valence-corrected chi connectivity index (χ2v) is 6.99. The summed E-state index contributed by atoms with van der Waals surface area (Å²) in [6, 6.07) is 5.69. The third-order valence-corrected chi connectivity index (χ3v) is 3.80. The topological polar surface area (TPSA) is 113 Å². The Morgan fingerprint density at radius 1 is 1.13 bits per heavy atom. The van der Waals surface area contributed by atoms with E-state index < -0.39 is 27.7 Å². The van der Waals surface area contributed by atoms with Crippen LogP contribution in [0.4, 0.5) is 5.69 Å². The fourth-order valence-electron chi connectivity index (χ4n) is 2.21. The number of likely N-dealkylation sites (tertiary alicyclic amines) is 1. The minimum Gasteiger partial charge on any atom is -0.334 e. The van der Waals surface area contributed by atoms with Gasteiger partial charge in [0.25, 0.3) is 5.91 Å². The number of nitrogens with zero attached hydrogens (tertiary/aromatic N) is 1. The van der Waals surface area contributed by atoms with Gasteiger partial charge in [-0.05, 0) is 31.0 Å². The van der Waals surface area contributed by atoms with Crippen molar-refractivity contribution in [1.82, 2.24) is 9.62 Å². The van der Waals surface area contributed by atoms with E-state index in [0.29, 0.717) is 13.1 Å². The van der Waals surface area contributed by atoms with E-state index in [2.05, 4.69) is 5.32 Å². The summed E-state index contributed by atoms with van der Waals surface area (Å²) in [5.41, 5.74) is 0.297. The molecule has 8 nitrogen and oxygen atoms in total. The van der Waals surface area contributed by atoms with Crippen molar-refractivity contribution >= 4 is 33.4 Å². The summed E-state index contributed by atoms with van der Waals surface area (Å²) in [4.78, 5) is 37.1. The standard InChI is InChI=1S/C14H17N3O5S/c1-23(21,22)16-12(18)10-5-4-6-11(9-10)15-13(19)14(20)17-7-2-3-8-17/h4-6,9H,2-3,7-8H2,1H3,(H,15,19)(H,16,18). The molecule has 23 heavy (non-hydrogen) atoms. The van der Waals surface area contributed by atoms with Crippen molar-refractivity contribution in [2.24, 2.45) is 0 Å². The van der Waals surface area contributed by atoms with Crippen LogP contribution in [0, 0.1) is 0 Å². The molecular weight excluding hydrogens is 322 g/mol. The lowest BCUT2D eigenvalue weighted by atomic mass is 10.2. The van der Waals surface area contributed by atoms with Crippen molar-refractivity contribution in [2.45, 2.75) is 12.8 Å². The highest BCUT2D eigenvalue weighted by Gasteiger charge is 2.24. The van der Waals surface area contributed by atoms with Crippen LogP contribution in [0.15, 0.2) is 24.3 Å². The van der Waals surface area contributed by atoms with E-state index in [1.807, 2.05) is 4.72 Å². The molecule has 0 atom stereocenters. The molecular formula is C14H17N3O5S. The van der Waals surface area contributed by atoms with Crippen molar-refractivity contribution in [3.8, 4) is 0 Å². The van der Waals surface area contributed by atoms with Gasteiger partial charge in [0.05, 0.1) is 6.26 Å². The van der Waals surface area contributed by atoms with Gasteiger partial charge in [-0.3, -0.25) is 14.4 Å². The maximum Gasteiger partial charge on any atom is 0.313 e. The Hall–Kier alpha value is -2.42. The van der Waals surface area contributed by atoms with Gasteiger partial charge in [0.15, 0.2) is 0 Å². The van der Waals surface area contributed by atoms with Crippen LogP contribution in [0.25, 0.3) is 0 Å². The van der Waals surface area contributed by atoms with Gasteiger partial charge in [0.1, 0.15) is 0 Å². The first kappa shape index (κ1) is 16.9. The number of sulfonamides is 1. The summed E-state index contributed by atoms with van der Waals surface area (Å²) in [6.45, 7) is 1.12. The molecule has 2 rings (SSSR count). The molecule has 0 radical (unpaired) electrons. The largest absolute Gasteiger partial charge is 0.334 e. The molecule has 2 N–H and O–H groups in total. The van der Waals surface area contributed by atoms with Gasteiger partial charge in [-0.25, -0.2) is 13.1 Å². The molecule has 1 aliphatic heterocycles. The summed E-state index contributed by atoms with van der Waals surface area (Å²) in [5.74, 6) is -2.21. The van der Waals surface area contributed by atoms with Crippen molar-refractivity contribution in [3.63, 3.8) is 0 Å². The molecule has 124 valence electrons. The average Bonchev–Trinajstić information content (AvgIpc) is 2.99. The molecule has 0 bridgehead atoms. The molecule has 1 heterocycles. The lowest BCUT2D eigenvalue weighted by Gasteiger charge is -2.14. The molecule has 0 saturated carbocycles. The fourth-order valence-corrected chi connectivity index (χ4v) is 2.67. The van der Waals surface area contributed by atoms with Gasteiger partial charge < -0.3 is 10.2 Å². The van der Waals surface area contributed by atoms with Crippen LogP contribution in [0.5, 0.6) is 0 Å². The lowest BCUT2D eigenvalue weighted by molar-refractivity contribution is -0.142. The Labute approximate surface area is 133 Å². The third-order valence-electron chi connectivity index (χ3n) is 3.25. The zero-order valence-electron chi connectivity index (χ0n) is 12.5. The smallest absolute Gasteiger partial charge is 0.313 e. The van der Waals surface area contributed by atoms with Gasteiger partial charge in [-0.1, -0.05) is 6.07 Å². The maximum atomic E-state index is 11.9. The number of nitrogens with one attached hydrogen (secondary N) is 2. The van der Waals surface area contributed by atoms with Crippen LogP contribution in [-0.2, 0) is 19.6 Å². The molecule has 0 aromatic heterocycles. The Kier molecular flexibility index (Phi) is 4.99. The van der Waals surface area contributed by atoms with E-state index in [9.17, 15) is 22.8 Å². The number of rotatable bonds is 3. The Balaban J connectivity index is 2.06. The SMILES string of the molecule is CS(=O)(=O)NC(=O)c1cccc(NC(=O)C(=O)N2CCCC2)c1. The van der Waals surface area contributed by atoms with Crippen LogP contribution in [-0.4, -0.2) is 50.4 Å². The molecule has 1 fully saturated rings. The van der Waals surface area contributed by atoms with E-state index in [1.165, 1.54) is 29.2 Å². The molecule has 1 aromatic rings.